The van der Waals surface area contributed by atoms with Gasteiger partial charge in [-0.05, 0) is 45.1 Å². The first-order chi connectivity index (χ1) is 13.3. The van der Waals surface area contributed by atoms with Crippen molar-refractivity contribution in [3.05, 3.63) is 35.9 Å². The van der Waals surface area contributed by atoms with E-state index in [1.54, 1.807) is 4.90 Å². The fraction of sp³-hybridized carbons (Fsp3) is 0.636. The van der Waals surface area contributed by atoms with Crippen molar-refractivity contribution in [2.45, 2.75) is 39.8 Å². The summed E-state index contributed by atoms with van der Waals surface area (Å²) in [6.07, 6.45) is -0.268. The topological polar surface area (TPSA) is 59.1 Å². The normalized spacial score (nSPS) is 23.4. The SMILES string of the molecule is CCOC(=O)[C@@H]1CN(Cc2ccccc2)C[C@H]1C1CN(C(=O)OC(C)(C)C)C1. The number of amides is 1. The van der Waals surface area contributed by atoms with Crippen molar-refractivity contribution in [2.75, 3.05) is 32.8 Å². The van der Waals surface area contributed by atoms with Crippen LogP contribution in [0.4, 0.5) is 4.79 Å². The average molecular weight is 389 g/mol. The summed E-state index contributed by atoms with van der Waals surface area (Å²) in [5, 5.41) is 0. The quantitative estimate of drug-likeness (QED) is 0.725. The lowest BCUT2D eigenvalue weighted by Crippen LogP contribution is -2.55. The number of esters is 1. The minimum absolute atomic E-state index is 0.112. The summed E-state index contributed by atoms with van der Waals surface area (Å²) in [6, 6.07) is 10.3. The monoisotopic (exact) mass is 388 g/mol. The lowest BCUT2D eigenvalue weighted by Gasteiger charge is -2.43. The summed E-state index contributed by atoms with van der Waals surface area (Å²) in [5.74, 6) is 0.275. The summed E-state index contributed by atoms with van der Waals surface area (Å²) in [7, 11) is 0. The van der Waals surface area contributed by atoms with Crippen LogP contribution in [0.3, 0.4) is 0 Å². The van der Waals surface area contributed by atoms with Crippen molar-refractivity contribution < 1.29 is 19.1 Å². The molecule has 2 saturated heterocycles. The fourth-order valence-corrected chi connectivity index (χ4v) is 4.12. The number of hydrogen-bond donors (Lipinski definition) is 0. The number of ether oxygens (including phenoxy) is 2. The molecule has 1 aromatic carbocycles. The van der Waals surface area contributed by atoms with E-state index in [1.807, 2.05) is 45.9 Å². The Bertz CT molecular complexity index is 680. The van der Waals surface area contributed by atoms with Gasteiger partial charge in [0.25, 0.3) is 0 Å². The first-order valence-electron chi connectivity index (χ1n) is 10.2. The molecule has 0 unspecified atom stereocenters. The summed E-state index contributed by atoms with van der Waals surface area (Å²) in [6.45, 7) is 11.5. The molecule has 6 nitrogen and oxygen atoms in total. The lowest BCUT2D eigenvalue weighted by molar-refractivity contribution is -0.150. The van der Waals surface area contributed by atoms with Crippen LogP contribution in [0.15, 0.2) is 30.3 Å². The first kappa shape index (κ1) is 20.6. The molecule has 2 aliphatic rings. The smallest absolute Gasteiger partial charge is 0.410 e. The van der Waals surface area contributed by atoms with Crippen molar-refractivity contribution in [1.29, 1.82) is 0 Å². The van der Waals surface area contributed by atoms with Gasteiger partial charge in [-0.25, -0.2) is 4.79 Å². The summed E-state index contributed by atoms with van der Waals surface area (Å²) in [5.41, 5.74) is 0.755. The van der Waals surface area contributed by atoms with Crippen LogP contribution in [0, 0.1) is 17.8 Å². The third-order valence-corrected chi connectivity index (χ3v) is 5.45. The van der Waals surface area contributed by atoms with Gasteiger partial charge in [-0.15, -0.1) is 0 Å². The van der Waals surface area contributed by atoms with Crippen LogP contribution in [0.25, 0.3) is 0 Å². The van der Waals surface area contributed by atoms with E-state index in [1.165, 1.54) is 5.56 Å². The lowest BCUT2D eigenvalue weighted by atomic mass is 9.79. The molecule has 2 fully saturated rings. The number of rotatable bonds is 5. The van der Waals surface area contributed by atoms with Crippen LogP contribution in [-0.4, -0.2) is 60.2 Å². The Labute approximate surface area is 167 Å². The van der Waals surface area contributed by atoms with E-state index in [2.05, 4.69) is 17.0 Å². The molecule has 0 radical (unpaired) electrons. The Morgan fingerprint density at radius 1 is 1.07 bits per heavy atom. The van der Waals surface area contributed by atoms with Crippen LogP contribution in [0.5, 0.6) is 0 Å². The summed E-state index contributed by atoms with van der Waals surface area (Å²) < 4.78 is 10.8. The first-order valence-corrected chi connectivity index (χ1v) is 10.2. The van der Waals surface area contributed by atoms with Gasteiger partial charge in [-0.1, -0.05) is 30.3 Å². The minimum Gasteiger partial charge on any atom is -0.466 e. The minimum atomic E-state index is -0.491. The molecule has 1 aromatic rings. The predicted octanol–water partition coefficient (Wildman–Crippen LogP) is 3.16. The highest BCUT2D eigenvalue weighted by molar-refractivity contribution is 5.74. The molecule has 28 heavy (non-hydrogen) atoms. The number of carbonyl (C=O) groups is 2. The van der Waals surface area contributed by atoms with Crippen LogP contribution >= 0.6 is 0 Å². The van der Waals surface area contributed by atoms with Gasteiger partial charge in [0.15, 0.2) is 0 Å². The predicted molar refractivity (Wildman–Crippen MR) is 107 cm³/mol. The van der Waals surface area contributed by atoms with Gasteiger partial charge in [0.05, 0.1) is 12.5 Å². The van der Waals surface area contributed by atoms with Crippen LogP contribution in [0.2, 0.25) is 0 Å². The van der Waals surface area contributed by atoms with Crippen LogP contribution in [0.1, 0.15) is 33.3 Å². The largest absolute Gasteiger partial charge is 0.466 e. The number of hydrogen-bond acceptors (Lipinski definition) is 5. The maximum atomic E-state index is 12.5. The fourth-order valence-electron chi connectivity index (χ4n) is 4.12. The van der Waals surface area contributed by atoms with Gasteiger partial charge in [0.1, 0.15) is 5.60 Å². The summed E-state index contributed by atoms with van der Waals surface area (Å²) in [4.78, 5) is 28.8. The van der Waals surface area contributed by atoms with Gasteiger partial charge in [0, 0.05) is 32.7 Å². The van der Waals surface area contributed by atoms with Gasteiger partial charge in [0.2, 0.25) is 0 Å². The Kier molecular flexibility index (Phi) is 6.28. The highest BCUT2D eigenvalue weighted by atomic mass is 16.6. The van der Waals surface area contributed by atoms with Gasteiger partial charge in [-0.3, -0.25) is 9.69 Å². The third-order valence-electron chi connectivity index (χ3n) is 5.45. The zero-order valence-corrected chi connectivity index (χ0v) is 17.4. The molecule has 0 saturated carbocycles. The molecular weight excluding hydrogens is 356 g/mol. The van der Waals surface area contributed by atoms with E-state index >= 15 is 0 Å². The van der Waals surface area contributed by atoms with Crippen molar-refractivity contribution in [1.82, 2.24) is 9.80 Å². The number of likely N-dealkylation sites (tertiary alicyclic amines) is 2. The van der Waals surface area contributed by atoms with Crippen molar-refractivity contribution in [2.24, 2.45) is 17.8 Å². The molecule has 6 heteroatoms. The Morgan fingerprint density at radius 3 is 2.36 bits per heavy atom. The zero-order valence-electron chi connectivity index (χ0n) is 17.4. The van der Waals surface area contributed by atoms with E-state index in [9.17, 15) is 9.59 Å². The zero-order chi connectivity index (χ0) is 20.3. The molecule has 2 atom stereocenters. The number of carbonyl (C=O) groups excluding carboxylic acids is 2. The second-order valence-corrected chi connectivity index (χ2v) is 8.85. The number of nitrogens with zero attached hydrogens (tertiary/aromatic N) is 2. The van der Waals surface area contributed by atoms with Gasteiger partial charge < -0.3 is 14.4 Å². The molecule has 154 valence electrons. The third kappa shape index (κ3) is 5.04. The molecule has 0 spiro atoms. The maximum absolute atomic E-state index is 12.5. The van der Waals surface area contributed by atoms with Crippen molar-refractivity contribution in [3.8, 4) is 0 Å². The second-order valence-electron chi connectivity index (χ2n) is 8.85. The van der Waals surface area contributed by atoms with E-state index in [4.69, 9.17) is 9.47 Å². The molecular formula is C22H32N2O4. The van der Waals surface area contributed by atoms with E-state index in [0.717, 1.165) is 13.1 Å². The van der Waals surface area contributed by atoms with Crippen molar-refractivity contribution >= 4 is 12.1 Å². The molecule has 0 bridgehead atoms. The molecule has 3 rings (SSSR count). The molecule has 0 aromatic heterocycles. The summed E-state index contributed by atoms with van der Waals surface area (Å²) >= 11 is 0. The van der Waals surface area contributed by atoms with Crippen molar-refractivity contribution in [3.63, 3.8) is 0 Å². The molecule has 0 aliphatic carbocycles. The molecule has 2 aliphatic heterocycles. The second kappa shape index (κ2) is 8.52. The Balaban J connectivity index is 1.61. The van der Waals surface area contributed by atoms with E-state index < -0.39 is 5.60 Å². The van der Waals surface area contributed by atoms with E-state index in [0.29, 0.717) is 32.2 Å². The highest BCUT2D eigenvalue weighted by Gasteiger charge is 2.47. The van der Waals surface area contributed by atoms with E-state index in [-0.39, 0.29) is 23.9 Å². The van der Waals surface area contributed by atoms with Crippen LogP contribution in [-0.2, 0) is 20.8 Å². The molecule has 2 heterocycles. The Hall–Kier alpha value is -2.08. The average Bonchev–Trinajstić information content (AvgIpc) is 2.96. The van der Waals surface area contributed by atoms with Gasteiger partial charge >= 0.3 is 12.1 Å². The standard InChI is InChI=1S/C22H32N2O4/c1-5-27-20(25)19-15-23(11-16-9-7-6-8-10-16)14-18(19)17-12-24(13-17)21(26)28-22(2,3)4/h6-10,17-19H,5,11-15H2,1-4H3/t18-,19+/m0/s1. The Morgan fingerprint density at radius 2 is 1.75 bits per heavy atom. The number of benzene rings is 1. The molecule has 1 amide bonds. The highest BCUT2D eigenvalue weighted by Crippen LogP contribution is 2.37. The van der Waals surface area contributed by atoms with Crippen LogP contribution < -0.4 is 0 Å². The molecule has 0 N–H and O–H groups in total. The maximum Gasteiger partial charge on any atom is 0.410 e. The van der Waals surface area contributed by atoms with Gasteiger partial charge in [-0.2, -0.15) is 0 Å².